The van der Waals surface area contributed by atoms with Crippen LogP contribution in [-0.2, 0) is 10.0 Å². The predicted octanol–water partition coefficient (Wildman–Crippen LogP) is 1.54. The van der Waals surface area contributed by atoms with Crippen LogP contribution in [-0.4, -0.2) is 40.0 Å². The van der Waals surface area contributed by atoms with E-state index in [9.17, 15) is 8.42 Å². The highest BCUT2D eigenvalue weighted by molar-refractivity contribution is 7.89. The molecule has 7 heteroatoms. The molecule has 0 unspecified atom stereocenters. The molecule has 0 radical (unpaired) electrons. The summed E-state index contributed by atoms with van der Waals surface area (Å²) >= 11 is 5.78. The molecule has 20 heavy (non-hydrogen) atoms. The summed E-state index contributed by atoms with van der Waals surface area (Å²) < 4.78 is 27.1. The van der Waals surface area contributed by atoms with Gasteiger partial charge in [0.2, 0.25) is 10.0 Å². The highest BCUT2D eigenvalue weighted by atomic mass is 35.5. The van der Waals surface area contributed by atoms with Gasteiger partial charge in [-0.3, -0.25) is 0 Å². The van der Waals surface area contributed by atoms with Gasteiger partial charge in [0, 0.05) is 11.6 Å². The van der Waals surface area contributed by atoms with Crippen molar-refractivity contribution in [2.75, 3.05) is 32.4 Å². The first-order valence-electron chi connectivity index (χ1n) is 6.62. The van der Waals surface area contributed by atoms with Crippen LogP contribution in [0, 0.1) is 5.92 Å². The van der Waals surface area contributed by atoms with Gasteiger partial charge in [-0.25, -0.2) is 13.1 Å². The van der Waals surface area contributed by atoms with Gasteiger partial charge in [0.05, 0.1) is 5.69 Å². The van der Waals surface area contributed by atoms with Crippen molar-refractivity contribution in [2.45, 2.75) is 17.7 Å². The number of rotatable bonds is 4. The molecule has 2 rings (SSSR count). The van der Waals surface area contributed by atoms with E-state index in [0.29, 0.717) is 17.5 Å². The van der Waals surface area contributed by atoms with E-state index in [-0.39, 0.29) is 10.6 Å². The van der Waals surface area contributed by atoms with Crippen molar-refractivity contribution in [1.82, 2.24) is 9.62 Å². The van der Waals surface area contributed by atoms with Crippen LogP contribution in [0.3, 0.4) is 0 Å². The van der Waals surface area contributed by atoms with Crippen molar-refractivity contribution in [3.05, 3.63) is 23.2 Å². The second kappa shape index (κ2) is 6.30. The molecule has 0 atom stereocenters. The van der Waals surface area contributed by atoms with Crippen molar-refractivity contribution >= 4 is 27.3 Å². The molecule has 0 aromatic heterocycles. The number of sulfonamides is 1. The number of nitrogens with zero attached hydrogens (tertiary/aromatic N) is 1. The van der Waals surface area contributed by atoms with E-state index in [4.69, 9.17) is 17.3 Å². The van der Waals surface area contributed by atoms with E-state index in [1.807, 2.05) is 0 Å². The average molecular weight is 318 g/mol. The Morgan fingerprint density at radius 2 is 2.05 bits per heavy atom. The van der Waals surface area contributed by atoms with Gasteiger partial charge >= 0.3 is 0 Å². The third-order valence-corrected chi connectivity index (χ3v) is 5.39. The number of hydrogen-bond acceptors (Lipinski definition) is 4. The van der Waals surface area contributed by atoms with Gasteiger partial charge in [-0.05, 0) is 57.1 Å². The molecule has 0 spiro atoms. The number of hydrogen-bond donors (Lipinski definition) is 2. The van der Waals surface area contributed by atoms with Crippen LogP contribution in [0.2, 0.25) is 5.02 Å². The molecule has 112 valence electrons. The summed E-state index contributed by atoms with van der Waals surface area (Å²) in [6.07, 6.45) is 2.02. The van der Waals surface area contributed by atoms with Crippen LogP contribution < -0.4 is 10.5 Å². The molecule has 1 fully saturated rings. The molecule has 1 aliphatic heterocycles. The van der Waals surface area contributed by atoms with Gasteiger partial charge in [0.25, 0.3) is 0 Å². The second-order valence-electron chi connectivity index (χ2n) is 5.28. The fourth-order valence-electron chi connectivity index (χ4n) is 2.34. The van der Waals surface area contributed by atoms with Crippen LogP contribution in [0.15, 0.2) is 23.1 Å². The topological polar surface area (TPSA) is 75.4 Å². The van der Waals surface area contributed by atoms with Crippen LogP contribution in [0.4, 0.5) is 5.69 Å². The summed E-state index contributed by atoms with van der Waals surface area (Å²) in [6.45, 7) is 2.48. The lowest BCUT2D eigenvalue weighted by molar-refractivity contribution is 0.220. The maximum absolute atomic E-state index is 12.2. The van der Waals surface area contributed by atoms with Crippen molar-refractivity contribution in [3.8, 4) is 0 Å². The summed E-state index contributed by atoms with van der Waals surface area (Å²) in [5.74, 6) is 0.384. The van der Waals surface area contributed by atoms with E-state index in [0.717, 1.165) is 25.9 Å². The van der Waals surface area contributed by atoms with Gasteiger partial charge in [-0.15, -0.1) is 0 Å². The van der Waals surface area contributed by atoms with Crippen molar-refractivity contribution in [2.24, 2.45) is 5.92 Å². The van der Waals surface area contributed by atoms with Crippen LogP contribution in [0.25, 0.3) is 0 Å². The number of piperidine rings is 1. The summed E-state index contributed by atoms with van der Waals surface area (Å²) in [5, 5.41) is 0.428. The third kappa shape index (κ3) is 3.85. The molecule has 1 heterocycles. The molecule has 0 saturated carbocycles. The lowest BCUT2D eigenvalue weighted by Gasteiger charge is -2.28. The van der Waals surface area contributed by atoms with E-state index >= 15 is 0 Å². The van der Waals surface area contributed by atoms with Crippen molar-refractivity contribution in [1.29, 1.82) is 0 Å². The summed E-state index contributed by atoms with van der Waals surface area (Å²) in [7, 11) is -1.49. The molecule has 1 aromatic rings. The number of nitrogen functional groups attached to an aromatic ring is 1. The Morgan fingerprint density at radius 3 is 2.65 bits per heavy atom. The summed E-state index contributed by atoms with van der Waals surface area (Å²) in [4.78, 5) is 2.34. The first kappa shape index (κ1) is 15.6. The number of nitrogens with one attached hydrogen (secondary N) is 1. The molecule has 0 amide bonds. The number of benzene rings is 1. The zero-order chi connectivity index (χ0) is 14.8. The standard InChI is InChI=1S/C13H20ClN3O2S/c1-17-6-4-10(5-7-17)9-16-20(18,19)13-3-2-11(14)8-12(13)15/h2-3,8,10,16H,4-7,9,15H2,1H3. The number of nitrogens with two attached hydrogens (primary N) is 1. The first-order chi connectivity index (χ1) is 9.38. The Kier molecular flexibility index (Phi) is 4.90. The quantitative estimate of drug-likeness (QED) is 0.826. The summed E-state index contributed by atoms with van der Waals surface area (Å²) in [6, 6.07) is 4.42. The number of anilines is 1. The maximum Gasteiger partial charge on any atom is 0.242 e. The molecule has 0 aliphatic carbocycles. The van der Waals surface area contributed by atoms with Crippen LogP contribution >= 0.6 is 11.6 Å². The minimum atomic E-state index is -3.57. The molecule has 1 saturated heterocycles. The number of likely N-dealkylation sites (tertiary alicyclic amines) is 1. The van der Waals surface area contributed by atoms with Gasteiger partial charge in [0.15, 0.2) is 0 Å². The Balaban J connectivity index is 2.00. The van der Waals surface area contributed by atoms with Crippen LogP contribution in [0.1, 0.15) is 12.8 Å². The second-order valence-corrected chi connectivity index (χ2v) is 7.45. The molecule has 3 N–H and O–H groups in total. The Labute approximate surface area is 125 Å². The van der Waals surface area contributed by atoms with Gasteiger partial charge in [-0.2, -0.15) is 0 Å². The highest BCUT2D eigenvalue weighted by Gasteiger charge is 2.21. The fourth-order valence-corrected chi connectivity index (χ4v) is 3.74. The minimum absolute atomic E-state index is 0.0924. The molecular weight excluding hydrogens is 298 g/mol. The largest absolute Gasteiger partial charge is 0.398 e. The van der Waals surface area contributed by atoms with E-state index in [1.165, 1.54) is 18.2 Å². The monoisotopic (exact) mass is 317 g/mol. The van der Waals surface area contributed by atoms with E-state index in [2.05, 4.69) is 16.7 Å². The minimum Gasteiger partial charge on any atom is -0.398 e. The third-order valence-electron chi connectivity index (χ3n) is 3.66. The summed E-state index contributed by atoms with van der Waals surface area (Å²) in [5.41, 5.74) is 5.90. The number of halogens is 1. The fraction of sp³-hybridized carbons (Fsp3) is 0.538. The van der Waals surface area contributed by atoms with E-state index < -0.39 is 10.0 Å². The smallest absolute Gasteiger partial charge is 0.242 e. The lowest BCUT2D eigenvalue weighted by Crippen LogP contribution is -2.37. The van der Waals surface area contributed by atoms with Gasteiger partial charge < -0.3 is 10.6 Å². The predicted molar refractivity (Wildman–Crippen MR) is 81.3 cm³/mol. The lowest BCUT2D eigenvalue weighted by atomic mass is 9.98. The highest BCUT2D eigenvalue weighted by Crippen LogP contribution is 2.23. The molecule has 1 aromatic carbocycles. The maximum atomic E-state index is 12.2. The Morgan fingerprint density at radius 1 is 1.40 bits per heavy atom. The molecule has 1 aliphatic rings. The normalized spacial score (nSPS) is 18.3. The average Bonchev–Trinajstić information content (AvgIpc) is 2.37. The Bertz CT molecular complexity index is 569. The van der Waals surface area contributed by atoms with Crippen molar-refractivity contribution < 1.29 is 8.42 Å². The zero-order valence-corrected chi connectivity index (χ0v) is 13.0. The molecular formula is C13H20ClN3O2S. The first-order valence-corrected chi connectivity index (χ1v) is 8.48. The van der Waals surface area contributed by atoms with E-state index in [1.54, 1.807) is 0 Å². The van der Waals surface area contributed by atoms with Gasteiger partial charge in [0.1, 0.15) is 4.90 Å². The SMILES string of the molecule is CN1CCC(CNS(=O)(=O)c2ccc(Cl)cc2N)CC1. The van der Waals surface area contributed by atoms with Crippen LogP contribution in [0.5, 0.6) is 0 Å². The molecule has 0 bridgehead atoms. The van der Waals surface area contributed by atoms with Gasteiger partial charge in [-0.1, -0.05) is 11.6 Å². The molecule has 5 nitrogen and oxygen atoms in total. The Hall–Kier alpha value is -0.820. The van der Waals surface area contributed by atoms with Crippen molar-refractivity contribution in [3.63, 3.8) is 0 Å². The zero-order valence-electron chi connectivity index (χ0n) is 11.5.